The van der Waals surface area contributed by atoms with Gasteiger partial charge in [-0.05, 0) is 89.8 Å². The van der Waals surface area contributed by atoms with E-state index in [1.54, 1.807) is 32.4 Å². The van der Waals surface area contributed by atoms with Gasteiger partial charge < -0.3 is 15.2 Å². The van der Waals surface area contributed by atoms with E-state index in [9.17, 15) is 16.8 Å². The van der Waals surface area contributed by atoms with Gasteiger partial charge in [0.25, 0.3) is 20.0 Å². The van der Waals surface area contributed by atoms with Crippen LogP contribution in [0.4, 0.5) is 0 Å². The van der Waals surface area contributed by atoms with Gasteiger partial charge in [0.15, 0.2) is 21.7 Å². The summed E-state index contributed by atoms with van der Waals surface area (Å²) in [6.45, 7) is 0.574. The number of nitrogens with zero attached hydrogens (tertiary/aromatic N) is 8. The number of amidine groups is 1. The maximum atomic E-state index is 11.8. The Bertz CT molecular complexity index is 2200. The summed E-state index contributed by atoms with van der Waals surface area (Å²) in [5, 5.41) is 26.4. The second-order valence-electron chi connectivity index (χ2n) is 9.97. The van der Waals surface area contributed by atoms with Crippen LogP contribution in [0.1, 0.15) is 16.7 Å². The Labute approximate surface area is 303 Å². The third-order valence-electron chi connectivity index (χ3n) is 6.51. The first kappa shape index (κ1) is 38.2. The predicted octanol–water partition coefficient (Wildman–Crippen LogP) is 1.70. The molecule has 0 saturated heterocycles. The van der Waals surface area contributed by atoms with E-state index in [0.717, 1.165) is 22.0 Å². The average Bonchev–Trinajstić information content (AvgIpc) is 3.52. The molecule has 3 heterocycles. The Morgan fingerprint density at radius 2 is 1.34 bits per heavy atom. The molecular weight excluding hydrogens is 824 g/mol. The first-order chi connectivity index (χ1) is 23.6. The molecule has 8 N–H and O–H groups in total. The molecule has 0 aliphatic carbocycles. The number of primary sulfonamides is 2. The summed E-state index contributed by atoms with van der Waals surface area (Å²) >= 11 is 6.53. The molecule has 5 aromatic rings. The van der Waals surface area contributed by atoms with Gasteiger partial charge in [-0.25, -0.2) is 52.7 Å². The highest BCUT2D eigenvalue weighted by Gasteiger charge is 2.24. The molecule has 0 saturated carbocycles. The molecular formula is C28H30Br2N12O6S2. The number of tetrazole rings is 1. The molecule has 0 aliphatic rings. The monoisotopic (exact) mass is 852 g/mol. The Morgan fingerprint density at radius 1 is 0.820 bits per heavy atom. The summed E-state index contributed by atoms with van der Waals surface area (Å²) in [4.78, 5) is 7.63. The van der Waals surface area contributed by atoms with Crippen LogP contribution < -0.4 is 31.3 Å². The van der Waals surface area contributed by atoms with Crippen molar-refractivity contribution < 1.29 is 26.3 Å². The first-order valence-corrected chi connectivity index (χ1v) is 18.5. The van der Waals surface area contributed by atoms with Crippen LogP contribution in [0.15, 0.2) is 97.2 Å². The maximum Gasteiger partial charge on any atom is 0.256 e. The van der Waals surface area contributed by atoms with Crippen molar-refractivity contribution in [2.45, 2.75) is 23.1 Å². The number of benzene rings is 2. The number of ether oxygens (including phenoxy) is 2. The van der Waals surface area contributed by atoms with Crippen LogP contribution in [0, 0.1) is 0 Å². The van der Waals surface area contributed by atoms with Crippen LogP contribution in [-0.4, -0.2) is 72.2 Å². The Hall–Kier alpha value is -4.58. The maximum absolute atomic E-state index is 11.8. The molecule has 5 rings (SSSR count). The number of hydrogen-bond acceptors (Lipinski definition) is 14. The van der Waals surface area contributed by atoms with E-state index in [2.05, 4.69) is 62.5 Å². The predicted molar refractivity (Wildman–Crippen MR) is 189 cm³/mol. The largest absolute Gasteiger partial charge is 0.497 e. The zero-order valence-corrected chi connectivity index (χ0v) is 31.1. The summed E-state index contributed by atoms with van der Waals surface area (Å²) in [5.41, 5.74) is 7.94. The minimum Gasteiger partial charge on any atom is -0.497 e. The van der Waals surface area contributed by atoms with Crippen molar-refractivity contribution in [3.05, 3.63) is 98.7 Å². The second kappa shape index (κ2) is 16.4. The van der Waals surface area contributed by atoms with Gasteiger partial charge in [0.2, 0.25) is 0 Å². The lowest BCUT2D eigenvalue weighted by Gasteiger charge is -2.15. The molecule has 0 radical (unpaired) electrons. The lowest BCUT2D eigenvalue weighted by molar-refractivity contribution is 0.290. The summed E-state index contributed by atoms with van der Waals surface area (Å²) in [6, 6.07) is 17.7. The van der Waals surface area contributed by atoms with E-state index in [-0.39, 0.29) is 39.4 Å². The average molecular weight is 855 g/mol. The highest BCUT2D eigenvalue weighted by atomic mass is 79.9. The van der Waals surface area contributed by atoms with Gasteiger partial charge in [-0.1, -0.05) is 24.3 Å². The minimum atomic E-state index is -4.08. The highest BCUT2D eigenvalue weighted by Crippen LogP contribution is 2.31. The minimum absolute atomic E-state index is 0.0511. The van der Waals surface area contributed by atoms with Crippen LogP contribution >= 0.6 is 31.9 Å². The Kier molecular flexibility index (Phi) is 12.6. The fourth-order valence-corrected chi connectivity index (χ4v) is 6.90. The first-order valence-electron chi connectivity index (χ1n) is 13.9. The number of methoxy groups -OCH3 is 2. The number of rotatable bonds is 11. The zero-order chi connectivity index (χ0) is 36.6. The van der Waals surface area contributed by atoms with Crippen molar-refractivity contribution >= 4 is 57.7 Å². The fourth-order valence-electron chi connectivity index (χ4n) is 4.24. The Balaban J connectivity index is 0.000000225. The van der Waals surface area contributed by atoms with E-state index in [4.69, 9.17) is 31.3 Å². The molecule has 3 aromatic heterocycles. The zero-order valence-electron chi connectivity index (χ0n) is 26.3. The van der Waals surface area contributed by atoms with E-state index in [1.165, 1.54) is 23.1 Å². The third-order valence-corrected chi connectivity index (χ3v) is 9.53. The molecule has 0 fully saturated rings. The topological polar surface area (TPSA) is 276 Å². The van der Waals surface area contributed by atoms with E-state index in [0.29, 0.717) is 21.2 Å². The normalized spacial score (nSPS) is 11.8. The lowest BCUT2D eigenvalue weighted by atomic mass is 10.2. The number of halogens is 2. The van der Waals surface area contributed by atoms with E-state index >= 15 is 0 Å². The van der Waals surface area contributed by atoms with Crippen molar-refractivity contribution in [1.29, 1.82) is 0 Å². The van der Waals surface area contributed by atoms with E-state index < -0.39 is 20.0 Å². The molecule has 0 atom stereocenters. The van der Waals surface area contributed by atoms with Crippen LogP contribution in [0.3, 0.4) is 0 Å². The molecule has 0 amide bonds. The molecule has 0 bridgehead atoms. The standard InChI is InChI=1S/C14H13BrN6O3S.C14H17BrN6O3S/c1-24-10-4-2-9(3-5-10)8-21-13(18-19-20-21)12-11(15)6-7-17-14(12)25(16,22)23;1-24-10-4-2-9(3-5-10)8-21(17)20-13(16)12-11(15)6-7-19-14(12)25(18,22)23/h2-7H,8H2,1H3,(H2,16,22,23);2-7H,8,17H2,1H3,(H2,16,20)(H2,18,22,23). The molecule has 22 heteroatoms. The molecule has 50 heavy (non-hydrogen) atoms. The number of hydrogen-bond donors (Lipinski definition) is 4. The molecule has 2 aromatic carbocycles. The smallest absolute Gasteiger partial charge is 0.256 e. The van der Waals surface area contributed by atoms with Crippen molar-refractivity contribution in [3.63, 3.8) is 0 Å². The number of nitrogens with two attached hydrogens (primary N) is 4. The van der Waals surface area contributed by atoms with Gasteiger partial charge >= 0.3 is 0 Å². The van der Waals surface area contributed by atoms with Crippen LogP contribution in [-0.2, 0) is 33.1 Å². The van der Waals surface area contributed by atoms with E-state index in [1.807, 2.05) is 36.4 Å². The van der Waals surface area contributed by atoms with Crippen molar-refractivity contribution in [2.24, 2.45) is 27.0 Å². The summed E-state index contributed by atoms with van der Waals surface area (Å²) < 4.78 is 59.6. The van der Waals surface area contributed by atoms with Crippen LogP contribution in [0.5, 0.6) is 11.5 Å². The summed E-state index contributed by atoms with van der Waals surface area (Å²) in [6.07, 6.45) is 2.63. The van der Waals surface area contributed by atoms with Crippen molar-refractivity contribution in [1.82, 2.24) is 35.3 Å². The van der Waals surface area contributed by atoms with Crippen LogP contribution in [0.2, 0.25) is 0 Å². The Morgan fingerprint density at radius 3 is 1.88 bits per heavy atom. The molecule has 18 nitrogen and oxygen atoms in total. The number of hydrazine groups is 1. The molecule has 0 spiro atoms. The SMILES string of the molecule is COc1ccc(CN(N)/N=C(\N)c2c(Br)ccnc2S(N)(=O)=O)cc1.COc1ccc(Cn2nnnc2-c2c(Br)ccnc2S(N)(=O)=O)cc1. The molecule has 0 aliphatic heterocycles. The fraction of sp³-hybridized carbons (Fsp3) is 0.143. The molecule has 0 unspecified atom stereocenters. The third kappa shape index (κ3) is 9.77. The van der Waals surface area contributed by atoms with Crippen molar-refractivity contribution in [3.8, 4) is 22.9 Å². The quantitative estimate of drug-likeness (QED) is 0.0638. The number of sulfonamides is 2. The van der Waals surface area contributed by atoms with Gasteiger partial charge in [0, 0.05) is 21.3 Å². The summed E-state index contributed by atoms with van der Waals surface area (Å²) in [7, 11) is -4.97. The second-order valence-corrected chi connectivity index (χ2v) is 14.6. The van der Waals surface area contributed by atoms with Crippen LogP contribution in [0.25, 0.3) is 11.4 Å². The number of aromatic nitrogens is 6. The number of hydrazone groups is 1. The van der Waals surface area contributed by atoms with Gasteiger partial charge in [-0.2, -0.15) is 0 Å². The van der Waals surface area contributed by atoms with Gasteiger partial charge in [0.1, 0.15) is 11.5 Å². The van der Waals surface area contributed by atoms with Gasteiger partial charge in [-0.3, -0.25) is 0 Å². The highest BCUT2D eigenvalue weighted by molar-refractivity contribution is 9.11. The molecule has 264 valence electrons. The van der Waals surface area contributed by atoms with Gasteiger partial charge in [-0.15, -0.1) is 10.2 Å². The van der Waals surface area contributed by atoms with Gasteiger partial charge in [0.05, 0.1) is 38.4 Å². The van der Waals surface area contributed by atoms with Crippen molar-refractivity contribution in [2.75, 3.05) is 14.2 Å². The number of pyridine rings is 2. The summed E-state index contributed by atoms with van der Waals surface area (Å²) in [5.74, 6) is 7.38. The lowest BCUT2D eigenvalue weighted by Crippen LogP contribution is -2.31.